The van der Waals surface area contributed by atoms with Crippen molar-refractivity contribution in [2.24, 2.45) is 0 Å². The summed E-state index contributed by atoms with van der Waals surface area (Å²) >= 11 is 0. The zero-order valence-corrected chi connectivity index (χ0v) is 14.0. The molecule has 3 aromatic rings. The summed E-state index contributed by atoms with van der Waals surface area (Å²) in [6.45, 7) is 5.21. The zero-order valence-electron chi connectivity index (χ0n) is 14.0. The fraction of sp³-hybridized carbons (Fsp3) is 0.350. The van der Waals surface area contributed by atoms with E-state index in [2.05, 4.69) is 51.5 Å². The Morgan fingerprint density at radius 1 is 1.12 bits per heavy atom. The minimum Gasteiger partial charge on any atom is -0.461 e. The summed E-state index contributed by atoms with van der Waals surface area (Å²) in [4.78, 5) is 2.54. The van der Waals surface area contributed by atoms with Crippen molar-refractivity contribution in [3.8, 4) is 11.3 Å². The molecule has 0 aliphatic carbocycles. The molecular weight excluding hydrogens is 298 g/mol. The lowest BCUT2D eigenvalue weighted by Gasteiger charge is -2.31. The van der Waals surface area contributed by atoms with Gasteiger partial charge in [-0.1, -0.05) is 24.3 Å². The molecule has 0 amide bonds. The molecule has 4 rings (SSSR count). The number of piperidine rings is 1. The molecule has 0 bridgehead atoms. The third-order valence-electron chi connectivity index (χ3n) is 4.97. The van der Waals surface area contributed by atoms with Crippen molar-refractivity contribution < 1.29 is 4.42 Å². The molecule has 0 unspecified atom stereocenters. The van der Waals surface area contributed by atoms with Gasteiger partial charge in [-0.15, -0.1) is 0 Å². The second-order valence-electron chi connectivity index (χ2n) is 6.63. The van der Waals surface area contributed by atoms with Crippen LogP contribution in [0.2, 0.25) is 0 Å². The Balaban J connectivity index is 1.45. The van der Waals surface area contributed by atoms with Gasteiger partial charge in [0.25, 0.3) is 0 Å². The first-order valence-corrected chi connectivity index (χ1v) is 8.66. The number of furan rings is 1. The molecule has 1 N–H and O–H groups in total. The Morgan fingerprint density at radius 3 is 2.67 bits per heavy atom. The summed E-state index contributed by atoms with van der Waals surface area (Å²) in [6, 6.07) is 14.8. The number of hydrogen-bond donors (Lipinski definition) is 1. The average molecular weight is 321 g/mol. The Hall–Kier alpha value is -2.33. The first kappa shape index (κ1) is 15.2. The molecule has 0 saturated carbocycles. The van der Waals surface area contributed by atoms with E-state index in [0.717, 1.165) is 31.2 Å². The van der Waals surface area contributed by atoms with E-state index in [1.165, 1.54) is 29.7 Å². The fourth-order valence-electron chi connectivity index (χ4n) is 3.61. The van der Waals surface area contributed by atoms with Crippen LogP contribution in [-0.4, -0.2) is 28.2 Å². The average Bonchev–Trinajstić information content (AvgIpc) is 3.28. The Bertz CT molecular complexity index is 783. The molecule has 4 heteroatoms. The van der Waals surface area contributed by atoms with Gasteiger partial charge in [-0.3, -0.25) is 10.00 Å². The molecule has 2 aromatic heterocycles. The van der Waals surface area contributed by atoms with Crippen LogP contribution in [-0.2, 0) is 6.54 Å². The summed E-state index contributed by atoms with van der Waals surface area (Å²) in [5.74, 6) is 2.54. The molecule has 1 aliphatic rings. The van der Waals surface area contributed by atoms with Crippen molar-refractivity contribution >= 4 is 0 Å². The van der Waals surface area contributed by atoms with Crippen LogP contribution in [0, 0.1) is 6.92 Å². The summed E-state index contributed by atoms with van der Waals surface area (Å²) in [6.07, 6.45) is 4.22. The van der Waals surface area contributed by atoms with E-state index in [9.17, 15) is 0 Å². The number of nitrogens with zero attached hydrogens (tertiary/aromatic N) is 2. The van der Waals surface area contributed by atoms with E-state index < -0.39 is 0 Å². The van der Waals surface area contributed by atoms with Gasteiger partial charge < -0.3 is 4.42 Å². The predicted octanol–water partition coefficient (Wildman–Crippen LogP) is 4.36. The number of nitrogens with one attached hydrogen (secondary N) is 1. The summed E-state index contributed by atoms with van der Waals surface area (Å²) in [7, 11) is 0. The van der Waals surface area contributed by atoms with E-state index in [1.807, 2.05) is 19.2 Å². The lowest BCUT2D eigenvalue weighted by Crippen LogP contribution is -2.32. The van der Waals surface area contributed by atoms with Gasteiger partial charge in [0.05, 0.1) is 0 Å². The minimum absolute atomic E-state index is 0.617. The van der Waals surface area contributed by atoms with E-state index in [4.69, 9.17) is 4.42 Å². The molecule has 3 heterocycles. The van der Waals surface area contributed by atoms with Gasteiger partial charge in [-0.25, -0.2) is 0 Å². The number of aryl methyl sites for hydroxylation is 1. The third-order valence-corrected chi connectivity index (χ3v) is 4.97. The zero-order chi connectivity index (χ0) is 16.4. The van der Waals surface area contributed by atoms with Crippen LogP contribution in [0.4, 0.5) is 0 Å². The molecule has 0 spiro atoms. The molecule has 4 nitrogen and oxygen atoms in total. The summed E-state index contributed by atoms with van der Waals surface area (Å²) < 4.78 is 5.84. The number of aromatic amines is 1. The Kier molecular flexibility index (Phi) is 4.22. The summed E-state index contributed by atoms with van der Waals surface area (Å²) in [5.41, 5.74) is 3.83. The van der Waals surface area contributed by atoms with Gasteiger partial charge in [0, 0.05) is 29.9 Å². The lowest BCUT2D eigenvalue weighted by atomic mass is 9.93. The standard InChI is InChI=1S/C20H23N3O/c1-15-6-7-20(24-15)18-5-3-2-4-17(18)14-23-12-9-16(10-13-23)19-8-11-21-22-19/h2-8,11,16H,9-10,12-14H2,1H3,(H,21,22). The monoisotopic (exact) mass is 321 g/mol. The van der Waals surface area contributed by atoms with Crippen molar-refractivity contribution in [1.82, 2.24) is 15.1 Å². The van der Waals surface area contributed by atoms with Crippen molar-refractivity contribution in [2.75, 3.05) is 13.1 Å². The topological polar surface area (TPSA) is 45.1 Å². The van der Waals surface area contributed by atoms with Crippen molar-refractivity contribution in [2.45, 2.75) is 32.2 Å². The number of hydrogen-bond acceptors (Lipinski definition) is 3. The van der Waals surface area contributed by atoms with Gasteiger partial charge in [0.15, 0.2) is 0 Å². The number of aromatic nitrogens is 2. The highest BCUT2D eigenvalue weighted by molar-refractivity contribution is 5.62. The lowest BCUT2D eigenvalue weighted by molar-refractivity contribution is 0.203. The van der Waals surface area contributed by atoms with Crippen LogP contribution in [0.3, 0.4) is 0 Å². The van der Waals surface area contributed by atoms with Gasteiger partial charge >= 0.3 is 0 Å². The van der Waals surface area contributed by atoms with Crippen molar-refractivity contribution in [3.05, 3.63) is 65.7 Å². The van der Waals surface area contributed by atoms with Crippen LogP contribution in [0.1, 0.15) is 35.8 Å². The second-order valence-corrected chi connectivity index (χ2v) is 6.63. The Morgan fingerprint density at radius 2 is 1.96 bits per heavy atom. The third kappa shape index (κ3) is 3.15. The van der Waals surface area contributed by atoms with Gasteiger partial charge in [0.1, 0.15) is 11.5 Å². The minimum atomic E-state index is 0.617. The first-order chi connectivity index (χ1) is 11.8. The van der Waals surface area contributed by atoms with Gasteiger partial charge in [-0.05, 0) is 56.6 Å². The Labute approximate surface area is 142 Å². The smallest absolute Gasteiger partial charge is 0.134 e. The maximum Gasteiger partial charge on any atom is 0.134 e. The van der Waals surface area contributed by atoms with Gasteiger partial charge in [-0.2, -0.15) is 5.10 Å². The van der Waals surface area contributed by atoms with E-state index in [0.29, 0.717) is 5.92 Å². The highest BCUT2D eigenvalue weighted by Gasteiger charge is 2.22. The molecule has 1 aliphatic heterocycles. The molecule has 0 atom stereocenters. The fourth-order valence-corrected chi connectivity index (χ4v) is 3.61. The normalized spacial score (nSPS) is 16.5. The van der Waals surface area contributed by atoms with Crippen LogP contribution in [0.15, 0.2) is 53.1 Å². The van der Waals surface area contributed by atoms with Gasteiger partial charge in [0.2, 0.25) is 0 Å². The SMILES string of the molecule is Cc1ccc(-c2ccccc2CN2CCC(c3ccn[nH]3)CC2)o1. The highest BCUT2D eigenvalue weighted by atomic mass is 16.3. The van der Waals surface area contributed by atoms with E-state index >= 15 is 0 Å². The van der Waals surface area contributed by atoms with Crippen LogP contribution in [0.25, 0.3) is 11.3 Å². The predicted molar refractivity (Wildman–Crippen MR) is 94.7 cm³/mol. The second kappa shape index (κ2) is 6.65. The highest BCUT2D eigenvalue weighted by Crippen LogP contribution is 2.30. The molecule has 124 valence electrons. The number of rotatable bonds is 4. The number of H-pyrrole nitrogens is 1. The van der Waals surface area contributed by atoms with E-state index in [1.54, 1.807) is 0 Å². The largest absolute Gasteiger partial charge is 0.461 e. The quantitative estimate of drug-likeness (QED) is 0.776. The molecule has 1 fully saturated rings. The van der Waals surface area contributed by atoms with Crippen LogP contribution >= 0.6 is 0 Å². The molecule has 1 saturated heterocycles. The summed E-state index contributed by atoms with van der Waals surface area (Å²) in [5, 5.41) is 7.21. The number of likely N-dealkylation sites (tertiary alicyclic amines) is 1. The van der Waals surface area contributed by atoms with Crippen molar-refractivity contribution in [3.63, 3.8) is 0 Å². The van der Waals surface area contributed by atoms with Crippen LogP contribution < -0.4 is 0 Å². The molecule has 0 radical (unpaired) electrons. The molecular formula is C20H23N3O. The van der Waals surface area contributed by atoms with E-state index in [-0.39, 0.29) is 0 Å². The molecule has 1 aromatic carbocycles. The van der Waals surface area contributed by atoms with Crippen molar-refractivity contribution in [1.29, 1.82) is 0 Å². The maximum absolute atomic E-state index is 5.84. The number of benzene rings is 1. The molecule has 24 heavy (non-hydrogen) atoms. The first-order valence-electron chi connectivity index (χ1n) is 8.66. The maximum atomic E-state index is 5.84. The van der Waals surface area contributed by atoms with Crippen LogP contribution in [0.5, 0.6) is 0 Å².